The summed E-state index contributed by atoms with van der Waals surface area (Å²) >= 11 is 3.41. The molecule has 0 saturated carbocycles. The van der Waals surface area contributed by atoms with E-state index in [2.05, 4.69) is 20.9 Å². The fourth-order valence-corrected chi connectivity index (χ4v) is 1.82. The molecule has 1 heterocycles. The molecule has 0 aliphatic carbocycles. The van der Waals surface area contributed by atoms with Crippen LogP contribution >= 0.6 is 15.9 Å². The summed E-state index contributed by atoms with van der Waals surface area (Å²) in [6.45, 7) is 0. The van der Waals surface area contributed by atoms with Gasteiger partial charge in [-0.3, -0.25) is 0 Å². The summed E-state index contributed by atoms with van der Waals surface area (Å²) < 4.78 is 2.85. The van der Waals surface area contributed by atoms with Crippen LogP contribution in [0.25, 0.3) is 11.4 Å². The predicted molar refractivity (Wildman–Crippen MR) is 61.1 cm³/mol. The van der Waals surface area contributed by atoms with Gasteiger partial charge in [0.05, 0.1) is 0 Å². The first-order chi connectivity index (χ1) is 7.20. The molecule has 2 rings (SSSR count). The van der Waals surface area contributed by atoms with Gasteiger partial charge in [0.25, 0.3) is 0 Å². The molecule has 0 atom stereocenters. The van der Waals surface area contributed by atoms with Crippen molar-refractivity contribution in [1.29, 1.82) is 5.26 Å². The summed E-state index contributed by atoms with van der Waals surface area (Å²) in [6.07, 6.45) is 1.72. The van der Waals surface area contributed by atoms with Crippen molar-refractivity contribution in [3.05, 3.63) is 40.6 Å². The smallest absolute Gasteiger partial charge is 0.159 e. The van der Waals surface area contributed by atoms with Gasteiger partial charge in [0, 0.05) is 23.3 Å². The Balaban J connectivity index is 2.54. The number of halogens is 1. The molecule has 0 bridgehead atoms. The molecule has 0 amide bonds. The number of aromatic nitrogens is 2. The fourth-order valence-electron chi connectivity index (χ4n) is 1.42. The second kappa shape index (κ2) is 3.87. The van der Waals surface area contributed by atoms with Crippen molar-refractivity contribution in [1.82, 2.24) is 9.55 Å². The molecule has 3 nitrogen and oxygen atoms in total. The van der Waals surface area contributed by atoms with E-state index in [0.29, 0.717) is 5.69 Å². The topological polar surface area (TPSA) is 41.6 Å². The van der Waals surface area contributed by atoms with Crippen LogP contribution in [0.3, 0.4) is 0 Å². The van der Waals surface area contributed by atoms with Crippen LogP contribution in [-0.4, -0.2) is 9.55 Å². The van der Waals surface area contributed by atoms with Gasteiger partial charge in [-0.25, -0.2) is 4.98 Å². The summed E-state index contributed by atoms with van der Waals surface area (Å²) in [5, 5.41) is 8.74. The summed E-state index contributed by atoms with van der Waals surface area (Å²) in [4.78, 5) is 4.22. The van der Waals surface area contributed by atoms with E-state index in [4.69, 9.17) is 5.26 Å². The fraction of sp³-hybridized carbons (Fsp3) is 0.0909. The van der Waals surface area contributed by atoms with Crippen LogP contribution in [-0.2, 0) is 7.05 Å². The van der Waals surface area contributed by atoms with Crippen LogP contribution in [0.4, 0.5) is 0 Å². The van der Waals surface area contributed by atoms with E-state index >= 15 is 0 Å². The molecule has 1 aromatic carbocycles. The van der Waals surface area contributed by atoms with Crippen molar-refractivity contribution < 1.29 is 0 Å². The Morgan fingerprint density at radius 1 is 1.47 bits per heavy atom. The van der Waals surface area contributed by atoms with Crippen molar-refractivity contribution in [3.63, 3.8) is 0 Å². The Morgan fingerprint density at radius 2 is 2.27 bits per heavy atom. The molecule has 0 spiro atoms. The molecule has 0 aliphatic rings. The zero-order valence-electron chi connectivity index (χ0n) is 8.11. The molecule has 0 saturated heterocycles. The summed E-state index contributed by atoms with van der Waals surface area (Å²) in [7, 11) is 1.88. The van der Waals surface area contributed by atoms with E-state index in [9.17, 15) is 0 Å². The van der Waals surface area contributed by atoms with Crippen molar-refractivity contribution >= 4 is 15.9 Å². The Bertz CT molecular complexity index is 537. The van der Waals surface area contributed by atoms with E-state index in [1.54, 1.807) is 6.20 Å². The first-order valence-electron chi connectivity index (χ1n) is 4.40. The number of benzene rings is 1. The van der Waals surface area contributed by atoms with Gasteiger partial charge in [-0.2, -0.15) is 5.26 Å². The van der Waals surface area contributed by atoms with E-state index in [1.165, 1.54) is 0 Å². The maximum atomic E-state index is 8.74. The van der Waals surface area contributed by atoms with Gasteiger partial charge in [0.15, 0.2) is 5.69 Å². The van der Waals surface area contributed by atoms with Crippen LogP contribution in [0, 0.1) is 11.3 Å². The minimum absolute atomic E-state index is 0.437. The van der Waals surface area contributed by atoms with Gasteiger partial charge in [0.1, 0.15) is 11.9 Å². The molecule has 0 unspecified atom stereocenters. The third kappa shape index (κ3) is 1.92. The Kier molecular flexibility index (Phi) is 2.57. The lowest BCUT2D eigenvalue weighted by molar-refractivity contribution is 0.924. The zero-order chi connectivity index (χ0) is 10.8. The van der Waals surface area contributed by atoms with Gasteiger partial charge in [-0.1, -0.05) is 28.1 Å². The number of hydrogen-bond donors (Lipinski definition) is 0. The maximum absolute atomic E-state index is 8.74. The van der Waals surface area contributed by atoms with Gasteiger partial charge in [-0.15, -0.1) is 0 Å². The summed E-state index contributed by atoms with van der Waals surface area (Å²) in [5.41, 5.74) is 1.43. The molecular weight excluding hydrogens is 254 g/mol. The standard InChI is InChI=1S/C11H8BrN3/c1-15-7-10(6-13)14-11(15)8-3-2-4-9(12)5-8/h2-5,7H,1H3. The third-order valence-electron chi connectivity index (χ3n) is 2.07. The first kappa shape index (κ1) is 9.94. The average molecular weight is 262 g/mol. The number of aryl methyl sites for hydroxylation is 1. The van der Waals surface area contributed by atoms with E-state index in [1.807, 2.05) is 41.9 Å². The minimum atomic E-state index is 0.437. The molecule has 74 valence electrons. The molecule has 2 aromatic rings. The minimum Gasteiger partial charge on any atom is -0.333 e. The molecular formula is C11H8BrN3. The Morgan fingerprint density at radius 3 is 2.87 bits per heavy atom. The first-order valence-corrected chi connectivity index (χ1v) is 5.19. The van der Waals surface area contributed by atoms with Crippen molar-refractivity contribution in [2.24, 2.45) is 7.05 Å². The van der Waals surface area contributed by atoms with Crippen LogP contribution in [0.1, 0.15) is 5.69 Å². The highest BCUT2D eigenvalue weighted by Crippen LogP contribution is 2.21. The van der Waals surface area contributed by atoms with Crippen LogP contribution in [0.15, 0.2) is 34.9 Å². The monoisotopic (exact) mass is 261 g/mol. The molecule has 0 aliphatic heterocycles. The van der Waals surface area contributed by atoms with Gasteiger partial charge in [-0.05, 0) is 12.1 Å². The summed E-state index contributed by atoms with van der Waals surface area (Å²) in [5.74, 6) is 0.799. The third-order valence-corrected chi connectivity index (χ3v) is 2.57. The van der Waals surface area contributed by atoms with E-state index in [0.717, 1.165) is 15.9 Å². The SMILES string of the molecule is Cn1cc(C#N)nc1-c1cccc(Br)c1. The van der Waals surface area contributed by atoms with Crippen LogP contribution in [0.2, 0.25) is 0 Å². The number of nitriles is 1. The largest absolute Gasteiger partial charge is 0.333 e. The van der Waals surface area contributed by atoms with Crippen molar-refractivity contribution in [3.8, 4) is 17.5 Å². The van der Waals surface area contributed by atoms with E-state index in [-0.39, 0.29) is 0 Å². The second-order valence-electron chi connectivity index (χ2n) is 3.18. The number of rotatable bonds is 1. The number of imidazole rings is 1. The van der Waals surface area contributed by atoms with Gasteiger partial charge >= 0.3 is 0 Å². The van der Waals surface area contributed by atoms with Crippen molar-refractivity contribution in [2.75, 3.05) is 0 Å². The predicted octanol–water partition coefficient (Wildman–Crippen LogP) is 2.72. The van der Waals surface area contributed by atoms with Crippen LogP contribution < -0.4 is 0 Å². The highest BCUT2D eigenvalue weighted by atomic mass is 79.9. The molecule has 15 heavy (non-hydrogen) atoms. The van der Waals surface area contributed by atoms with Crippen molar-refractivity contribution in [2.45, 2.75) is 0 Å². The normalized spacial score (nSPS) is 9.93. The lowest BCUT2D eigenvalue weighted by Crippen LogP contribution is -1.90. The van der Waals surface area contributed by atoms with Gasteiger partial charge < -0.3 is 4.57 Å². The molecule has 0 radical (unpaired) electrons. The van der Waals surface area contributed by atoms with Gasteiger partial charge in [0.2, 0.25) is 0 Å². The van der Waals surface area contributed by atoms with Crippen LogP contribution in [0.5, 0.6) is 0 Å². The number of nitrogens with zero attached hydrogens (tertiary/aromatic N) is 3. The molecule has 1 aromatic heterocycles. The van der Waals surface area contributed by atoms with E-state index < -0.39 is 0 Å². The molecule has 0 fully saturated rings. The Hall–Kier alpha value is -1.60. The zero-order valence-corrected chi connectivity index (χ0v) is 9.69. The second-order valence-corrected chi connectivity index (χ2v) is 4.10. The number of hydrogen-bond acceptors (Lipinski definition) is 2. The summed E-state index contributed by atoms with van der Waals surface area (Å²) in [6, 6.07) is 9.87. The molecule has 4 heteroatoms. The maximum Gasteiger partial charge on any atom is 0.159 e. The quantitative estimate of drug-likeness (QED) is 0.792. The molecule has 0 N–H and O–H groups in total. The Labute approximate surface area is 96.1 Å². The highest BCUT2D eigenvalue weighted by molar-refractivity contribution is 9.10. The average Bonchev–Trinajstić information content (AvgIpc) is 2.60. The lowest BCUT2D eigenvalue weighted by atomic mass is 10.2. The highest BCUT2D eigenvalue weighted by Gasteiger charge is 2.06. The lowest BCUT2D eigenvalue weighted by Gasteiger charge is -2.01.